The fourth-order valence-electron chi connectivity index (χ4n) is 1.68. The largest absolute Gasteiger partial charge is 0.394 e. The average molecular weight is 187 g/mol. The number of hydrogen-bond acceptors (Lipinski definition) is 2. The summed E-state index contributed by atoms with van der Waals surface area (Å²) in [6.45, 7) is 5.08. The molecule has 74 valence electrons. The van der Waals surface area contributed by atoms with Crippen molar-refractivity contribution in [2.24, 2.45) is 0 Å². The molecule has 1 amide bonds. The summed E-state index contributed by atoms with van der Waals surface area (Å²) in [7, 11) is 0. The van der Waals surface area contributed by atoms with E-state index >= 15 is 0 Å². The smallest absolute Gasteiger partial charge is 0.282 e. The lowest BCUT2D eigenvalue weighted by atomic mass is 10.0. The molecule has 1 fully saturated rings. The number of halogens is 1. The lowest BCUT2D eigenvalue weighted by Crippen LogP contribution is -2.47. The van der Waals surface area contributed by atoms with Gasteiger partial charge < -0.3 is 10.0 Å². The number of hydrogen-bond donors (Lipinski definition) is 1. The number of likely N-dealkylation sites (tertiary alicyclic amines) is 1. The molecule has 0 bridgehead atoms. The molecular weight excluding hydrogens is 173 g/mol. The maximum atomic E-state index is 12.6. The monoisotopic (exact) mass is 187 g/mol. The number of rotatable bonds is 2. The Morgan fingerprint density at radius 2 is 2.38 bits per heavy atom. The van der Waals surface area contributed by atoms with Gasteiger partial charge in [0.15, 0.2) is 5.83 Å². The summed E-state index contributed by atoms with van der Waals surface area (Å²) in [4.78, 5) is 12.6. The van der Waals surface area contributed by atoms with Gasteiger partial charge in [-0.15, -0.1) is 0 Å². The van der Waals surface area contributed by atoms with E-state index in [1.807, 2.05) is 0 Å². The number of carbonyl (C=O) groups excluding carboxylic acids is 1. The minimum Gasteiger partial charge on any atom is -0.394 e. The SMILES string of the molecule is C=C(F)C(=O)N1CCCC1(C)CO. The molecule has 0 saturated carbocycles. The van der Waals surface area contributed by atoms with Gasteiger partial charge in [-0.3, -0.25) is 4.79 Å². The standard InChI is InChI=1S/C9H14FNO2/c1-7(10)8(13)11-5-3-4-9(11,2)6-12/h12H,1,3-6H2,2H3. The van der Waals surface area contributed by atoms with E-state index in [1.54, 1.807) is 6.92 Å². The van der Waals surface area contributed by atoms with Crippen molar-refractivity contribution in [3.05, 3.63) is 12.4 Å². The molecule has 0 aromatic heterocycles. The zero-order chi connectivity index (χ0) is 10.1. The lowest BCUT2D eigenvalue weighted by molar-refractivity contribution is -0.133. The molecule has 0 aromatic carbocycles. The summed E-state index contributed by atoms with van der Waals surface area (Å²) in [5.74, 6) is -1.66. The maximum Gasteiger partial charge on any atom is 0.282 e. The summed E-state index contributed by atoms with van der Waals surface area (Å²) in [5.41, 5.74) is -0.605. The second-order valence-electron chi connectivity index (χ2n) is 3.62. The number of amides is 1. The highest BCUT2D eigenvalue weighted by molar-refractivity contribution is 5.91. The quantitative estimate of drug-likeness (QED) is 0.651. The van der Waals surface area contributed by atoms with Crippen molar-refractivity contribution in [1.29, 1.82) is 0 Å². The molecule has 1 N–H and O–H groups in total. The summed E-state index contributed by atoms with van der Waals surface area (Å²) in [6.07, 6.45) is 1.51. The third-order valence-corrected chi connectivity index (χ3v) is 2.57. The molecule has 0 aliphatic carbocycles. The maximum absolute atomic E-state index is 12.6. The van der Waals surface area contributed by atoms with Crippen molar-refractivity contribution in [2.45, 2.75) is 25.3 Å². The zero-order valence-electron chi connectivity index (χ0n) is 7.72. The molecule has 4 heteroatoms. The summed E-state index contributed by atoms with van der Waals surface area (Å²) in [6, 6.07) is 0. The van der Waals surface area contributed by atoms with Crippen LogP contribution in [0.15, 0.2) is 12.4 Å². The number of aliphatic hydroxyl groups is 1. The van der Waals surface area contributed by atoms with Crippen molar-refractivity contribution < 1.29 is 14.3 Å². The molecule has 1 atom stereocenters. The van der Waals surface area contributed by atoms with E-state index in [2.05, 4.69) is 6.58 Å². The second-order valence-corrected chi connectivity index (χ2v) is 3.62. The Morgan fingerprint density at radius 1 is 1.77 bits per heavy atom. The van der Waals surface area contributed by atoms with Gasteiger partial charge in [0.25, 0.3) is 5.91 Å². The van der Waals surface area contributed by atoms with Gasteiger partial charge in [-0.1, -0.05) is 6.58 Å². The first-order chi connectivity index (χ1) is 6.01. The van der Waals surface area contributed by atoms with Crippen LogP contribution in [0.5, 0.6) is 0 Å². The van der Waals surface area contributed by atoms with Crippen molar-refractivity contribution in [2.75, 3.05) is 13.2 Å². The van der Waals surface area contributed by atoms with Crippen LogP contribution in [0, 0.1) is 0 Å². The van der Waals surface area contributed by atoms with E-state index in [0.717, 1.165) is 6.42 Å². The van der Waals surface area contributed by atoms with Crippen LogP contribution < -0.4 is 0 Å². The average Bonchev–Trinajstić information content (AvgIpc) is 2.47. The highest BCUT2D eigenvalue weighted by atomic mass is 19.1. The van der Waals surface area contributed by atoms with Gasteiger partial charge in [0.2, 0.25) is 0 Å². The first-order valence-electron chi connectivity index (χ1n) is 4.28. The lowest BCUT2D eigenvalue weighted by Gasteiger charge is -2.32. The zero-order valence-corrected chi connectivity index (χ0v) is 7.72. The Balaban J connectivity index is 2.80. The van der Waals surface area contributed by atoms with Crippen molar-refractivity contribution >= 4 is 5.91 Å². The van der Waals surface area contributed by atoms with Crippen LogP contribution in [-0.4, -0.2) is 34.6 Å². The third kappa shape index (κ3) is 1.72. The number of nitrogens with zero attached hydrogens (tertiary/aromatic N) is 1. The van der Waals surface area contributed by atoms with Crippen molar-refractivity contribution in [3.8, 4) is 0 Å². The molecule has 1 heterocycles. The first kappa shape index (κ1) is 10.2. The van der Waals surface area contributed by atoms with Crippen LogP contribution in [0.3, 0.4) is 0 Å². The van der Waals surface area contributed by atoms with Crippen LogP contribution in [0.4, 0.5) is 4.39 Å². The molecule has 0 spiro atoms. The summed E-state index contributed by atoms with van der Waals surface area (Å²) < 4.78 is 12.6. The molecule has 1 saturated heterocycles. The van der Waals surface area contributed by atoms with E-state index < -0.39 is 17.3 Å². The highest BCUT2D eigenvalue weighted by Crippen LogP contribution is 2.29. The van der Waals surface area contributed by atoms with E-state index in [9.17, 15) is 9.18 Å². The molecule has 3 nitrogen and oxygen atoms in total. The Hall–Kier alpha value is -0.900. The topological polar surface area (TPSA) is 40.5 Å². The van der Waals surface area contributed by atoms with E-state index in [-0.39, 0.29) is 6.61 Å². The third-order valence-electron chi connectivity index (χ3n) is 2.57. The molecule has 13 heavy (non-hydrogen) atoms. The molecule has 1 aliphatic rings. The van der Waals surface area contributed by atoms with Crippen LogP contribution in [0.25, 0.3) is 0 Å². The molecule has 1 rings (SSSR count). The predicted molar refractivity (Wildman–Crippen MR) is 46.7 cm³/mol. The van der Waals surface area contributed by atoms with E-state index in [1.165, 1.54) is 4.90 Å². The molecule has 1 unspecified atom stereocenters. The Labute approximate surface area is 76.8 Å². The van der Waals surface area contributed by atoms with Gasteiger partial charge in [-0.2, -0.15) is 0 Å². The van der Waals surface area contributed by atoms with Gasteiger partial charge in [0.1, 0.15) is 0 Å². The molecule has 0 aromatic rings. The van der Waals surface area contributed by atoms with Crippen LogP contribution in [-0.2, 0) is 4.79 Å². The van der Waals surface area contributed by atoms with E-state index in [0.29, 0.717) is 13.0 Å². The van der Waals surface area contributed by atoms with Gasteiger partial charge in [0.05, 0.1) is 12.1 Å². The van der Waals surface area contributed by atoms with Gasteiger partial charge >= 0.3 is 0 Å². The number of carbonyl (C=O) groups is 1. The minimum atomic E-state index is -0.957. The Kier molecular flexibility index (Phi) is 2.71. The molecule has 0 radical (unpaired) electrons. The predicted octanol–water partition coefficient (Wildman–Crippen LogP) is 0.843. The summed E-state index contributed by atoms with van der Waals surface area (Å²) >= 11 is 0. The van der Waals surface area contributed by atoms with Gasteiger partial charge in [-0.05, 0) is 19.8 Å². The fourth-order valence-corrected chi connectivity index (χ4v) is 1.68. The first-order valence-corrected chi connectivity index (χ1v) is 4.28. The van der Waals surface area contributed by atoms with Gasteiger partial charge in [-0.25, -0.2) is 4.39 Å². The summed E-state index contributed by atoms with van der Waals surface area (Å²) in [5, 5.41) is 9.08. The highest BCUT2D eigenvalue weighted by Gasteiger charge is 2.39. The minimum absolute atomic E-state index is 0.133. The molecule has 1 aliphatic heterocycles. The van der Waals surface area contributed by atoms with E-state index in [4.69, 9.17) is 5.11 Å². The Bertz CT molecular complexity index is 242. The Morgan fingerprint density at radius 3 is 2.85 bits per heavy atom. The van der Waals surface area contributed by atoms with Gasteiger partial charge in [0, 0.05) is 6.54 Å². The second kappa shape index (κ2) is 3.46. The van der Waals surface area contributed by atoms with Crippen molar-refractivity contribution in [3.63, 3.8) is 0 Å². The van der Waals surface area contributed by atoms with Crippen molar-refractivity contribution in [1.82, 2.24) is 4.90 Å². The van der Waals surface area contributed by atoms with Crippen LogP contribution in [0.2, 0.25) is 0 Å². The molecular formula is C9H14FNO2. The fraction of sp³-hybridized carbons (Fsp3) is 0.667. The van der Waals surface area contributed by atoms with Crippen LogP contribution in [0.1, 0.15) is 19.8 Å². The van der Waals surface area contributed by atoms with Crippen LogP contribution >= 0.6 is 0 Å². The number of aliphatic hydroxyl groups excluding tert-OH is 1. The normalized spacial score (nSPS) is 27.8.